The van der Waals surface area contributed by atoms with Gasteiger partial charge in [-0.25, -0.2) is 15.8 Å². The second-order valence-corrected chi connectivity index (χ2v) is 4.98. The van der Waals surface area contributed by atoms with Crippen LogP contribution in [0.2, 0.25) is 5.02 Å². The maximum absolute atomic E-state index is 5.95. The summed E-state index contributed by atoms with van der Waals surface area (Å²) in [6.07, 6.45) is 3.31. The first kappa shape index (κ1) is 12.0. The summed E-state index contributed by atoms with van der Waals surface area (Å²) in [5.41, 5.74) is 2.36. The molecule has 0 saturated carbocycles. The normalized spacial score (nSPS) is 10.3. The second kappa shape index (κ2) is 5.26. The Bertz CT molecular complexity index is 514. The van der Waals surface area contributed by atoms with Crippen LogP contribution in [0, 0.1) is 6.92 Å². The number of rotatable bonds is 4. The zero-order valence-electron chi connectivity index (χ0n) is 9.07. The van der Waals surface area contributed by atoms with E-state index < -0.39 is 0 Å². The molecular weight excluding hydrogens is 260 g/mol. The number of aromatic nitrogens is 3. The molecule has 0 bridgehead atoms. The fourth-order valence-corrected chi connectivity index (χ4v) is 2.09. The van der Waals surface area contributed by atoms with Crippen LogP contribution >= 0.6 is 22.9 Å². The number of hydrogen-bond donors (Lipinski definition) is 3. The van der Waals surface area contributed by atoms with Crippen molar-refractivity contribution < 1.29 is 0 Å². The number of halogens is 1. The number of nitrogens with zero attached hydrogens (tertiary/aromatic N) is 3. The van der Waals surface area contributed by atoms with Crippen molar-refractivity contribution in [3.8, 4) is 0 Å². The number of anilines is 2. The van der Waals surface area contributed by atoms with Gasteiger partial charge >= 0.3 is 0 Å². The van der Waals surface area contributed by atoms with E-state index in [9.17, 15) is 0 Å². The molecule has 0 atom stereocenters. The molecular formula is C9H11ClN6S. The lowest BCUT2D eigenvalue weighted by atomic mass is 10.5. The molecule has 0 aromatic carbocycles. The number of aryl methyl sites for hydroxylation is 1. The molecule has 2 aromatic rings. The predicted octanol–water partition coefficient (Wildman–Crippen LogP) is 1.79. The monoisotopic (exact) mass is 270 g/mol. The lowest BCUT2D eigenvalue weighted by Crippen LogP contribution is -2.12. The van der Waals surface area contributed by atoms with Crippen LogP contribution in [0.15, 0.2) is 12.4 Å². The average molecular weight is 271 g/mol. The quantitative estimate of drug-likeness (QED) is 0.580. The van der Waals surface area contributed by atoms with Gasteiger partial charge in [0.2, 0.25) is 5.95 Å². The summed E-state index contributed by atoms with van der Waals surface area (Å²) < 4.78 is 0. The van der Waals surface area contributed by atoms with E-state index in [0.29, 0.717) is 23.3 Å². The molecule has 4 N–H and O–H groups in total. The van der Waals surface area contributed by atoms with Crippen molar-refractivity contribution in [2.24, 2.45) is 5.84 Å². The lowest BCUT2D eigenvalue weighted by Gasteiger charge is -2.06. The summed E-state index contributed by atoms with van der Waals surface area (Å²) in [7, 11) is 0. The Morgan fingerprint density at radius 1 is 1.41 bits per heavy atom. The number of nitrogens with one attached hydrogen (secondary N) is 2. The molecule has 0 unspecified atom stereocenters. The summed E-state index contributed by atoms with van der Waals surface area (Å²) >= 11 is 7.57. The highest BCUT2D eigenvalue weighted by Crippen LogP contribution is 2.20. The Hall–Kier alpha value is -1.44. The smallest absolute Gasteiger partial charge is 0.239 e. The highest BCUT2D eigenvalue weighted by molar-refractivity contribution is 7.11. The van der Waals surface area contributed by atoms with Crippen LogP contribution < -0.4 is 16.6 Å². The van der Waals surface area contributed by atoms with Crippen LogP contribution in [0.3, 0.4) is 0 Å². The van der Waals surface area contributed by atoms with Gasteiger partial charge in [0, 0.05) is 11.1 Å². The average Bonchev–Trinajstić information content (AvgIpc) is 2.74. The highest BCUT2D eigenvalue weighted by atomic mass is 35.5. The van der Waals surface area contributed by atoms with Gasteiger partial charge in [0.25, 0.3) is 0 Å². The van der Waals surface area contributed by atoms with Crippen molar-refractivity contribution in [3.05, 3.63) is 27.3 Å². The third-order valence-corrected chi connectivity index (χ3v) is 3.14. The standard InChI is InChI=1S/C9H11ClN6S/c1-5-2-12-7(17-5)4-13-8-6(10)3-14-9(15-8)16-11/h2-3H,4,11H2,1H3,(H2,13,14,15,16). The summed E-state index contributed by atoms with van der Waals surface area (Å²) in [5.74, 6) is 6.07. The summed E-state index contributed by atoms with van der Waals surface area (Å²) in [6, 6.07) is 0. The molecule has 2 aromatic heterocycles. The van der Waals surface area contributed by atoms with Gasteiger partial charge in [-0.3, -0.25) is 5.43 Å². The molecule has 6 nitrogen and oxygen atoms in total. The molecule has 0 spiro atoms. The Balaban J connectivity index is 2.07. The van der Waals surface area contributed by atoms with Crippen LogP contribution in [0.25, 0.3) is 0 Å². The van der Waals surface area contributed by atoms with E-state index in [-0.39, 0.29) is 0 Å². The summed E-state index contributed by atoms with van der Waals surface area (Å²) in [6.45, 7) is 2.58. The van der Waals surface area contributed by atoms with Gasteiger partial charge < -0.3 is 5.32 Å². The maximum atomic E-state index is 5.95. The van der Waals surface area contributed by atoms with E-state index in [4.69, 9.17) is 17.4 Å². The van der Waals surface area contributed by atoms with Crippen LogP contribution in [0.4, 0.5) is 11.8 Å². The fourth-order valence-electron chi connectivity index (χ4n) is 1.20. The van der Waals surface area contributed by atoms with Crippen molar-refractivity contribution in [2.75, 3.05) is 10.7 Å². The van der Waals surface area contributed by atoms with Gasteiger partial charge in [0.05, 0.1) is 12.7 Å². The van der Waals surface area contributed by atoms with E-state index in [1.54, 1.807) is 11.3 Å². The molecule has 0 aliphatic heterocycles. The van der Waals surface area contributed by atoms with Crippen molar-refractivity contribution in [2.45, 2.75) is 13.5 Å². The van der Waals surface area contributed by atoms with Gasteiger partial charge in [0.1, 0.15) is 10.0 Å². The minimum Gasteiger partial charge on any atom is -0.362 e. The lowest BCUT2D eigenvalue weighted by molar-refractivity contribution is 1.05. The molecule has 90 valence electrons. The van der Waals surface area contributed by atoms with Crippen LogP contribution in [-0.2, 0) is 6.54 Å². The second-order valence-electron chi connectivity index (χ2n) is 3.25. The molecule has 0 amide bonds. The molecule has 0 aliphatic rings. The Morgan fingerprint density at radius 2 is 2.24 bits per heavy atom. The Morgan fingerprint density at radius 3 is 2.88 bits per heavy atom. The van der Waals surface area contributed by atoms with Gasteiger partial charge in [0.15, 0.2) is 5.82 Å². The number of hydrogen-bond acceptors (Lipinski definition) is 7. The first-order valence-corrected chi connectivity index (χ1v) is 6.03. The zero-order chi connectivity index (χ0) is 12.3. The number of nitrogens with two attached hydrogens (primary N) is 1. The van der Waals surface area contributed by atoms with E-state index in [0.717, 1.165) is 5.01 Å². The van der Waals surface area contributed by atoms with Gasteiger partial charge in [-0.2, -0.15) is 4.98 Å². The molecule has 2 heterocycles. The first-order valence-electron chi connectivity index (χ1n) is 4.83. The van der Waals surface area contributed by atoms with Crippen LogP contribution in [0.5, 0.6) is 0 Å². The Labute approximate surface area is 107 Å². The minimum absolute atomic E-state index is 0.312. The molecule has 0 radical (unpaired) electrons. The van der Waals surface area contributed by atoms with Gasteiger partial charge in [-0.1, -0.05) is 11.6 Å². The van der Waals surface area contributed by atoms with E-state index in [1.807, 2.05) is 13.1 Å². The largest absolute Gasteiger partial charge is 0.362 e. The predicted molar refractivity (Wildman–Crippen MR) is 69.0 cm³/mol. The maximum Gasteiger partial charge on any atom is 0.239 e. The SMILES string of the molecule is Cc1cnc(CNc2nc(NN)ncc2Cl)s1. The fraction of sp³-hybridized carbons (Fsp3) is 0.222. The van der Waals surface area contributed by atoms with Crippen molar-refractivity contribution in [3.63, 3.8) is 0 Å². The number of nitrogen functional groups attached to an aromatic ring is 1. The summed E-state index contributed by atoms with van der Waals surface area (Å²) in [4.78, 5) is 13.4. The van der Waals surface area contributed by atoms with Crippen LogP contribution in [-0.4, -0.2) is 15.0 Å². The van der Waals surface area contributed by atoms with Gasteiger partial charge in [-0.05, 0) is 6.92 Å². The third-order valence-electron chi connectivity index (χ3n) is 1.95. The number of thiazole rings is 1. The van der Waals surface area contributed by atoms with Gasteiger partial charge in [-0.15, -0.1) is 11.3 Å². The number of hydrazine groups is 1. The first-order chi connectivity index (χ1) is 8.19. The summed E-state index contributed by atoms with van der Waals surface area (Å²) in [5, 5.41) is 4.50. The molecule has 0 fully saturated rings. The molecule has 0 aliphatic carbocycles. The molecule has 8 heteroatoms. The topological polar surface area (TPSA) is 88.8 Å². The van der Waals surface area contributed by atoms with E-state index in [2.05, 4.69) is 25.7 Å². The van der Waals surface area contributed by atoms with Crippen LogP contribution in [0.1, 0.15) is 9.88 Å². The Kier molecular flexibility index (Phi) is 3.72. The van der Waals surface area contributed by atoms with E-state index in [1.165, 1.54) is 11.1 Å². The van der Waals surface area contributed by atoms with Crippen molar-refractivity contribution >= 4 is 34.7 Å². The third kappa shape index (κ3) is 3.02. The van der Waals surface area contributed by atoms with Crippen molar-refractivity contribution in [1.82, 2.24) is 15.0 Å². The molecule has 0 saturated heterocycles. The zero-order valence-corrected chi connectivity index (χ0v) is 10.6. The minimum atomic E-state index is 0.312. The molecule has 17 heavy (non-hydrogen) atoms. The molecule has 2 rings (SSSR count). The highest BCUT2D eigenvalue weighted by Gasteiger charge is 2.05. The van der Waals surface area contributed by atoms with E-state index >= 15 is 0 Å². The van der Waals surface area contributed by atoms with Crippen molar-refractivity contribution in [1.29, 1.82) is 0 Å².